The lowest BCUT2D eigenvalue weighted by atomic mass is 10.1. The summed E-state index contributed by atoms with van der Waals surface area (Å²) in [5, 5.41) is -0.629. The monoisotopic (exact) mass is 385 g/mol. The number of ether oxygens (including phenoxy) is 2. The highest BCUT2D eigenvalue weighted by molar-refractivity contribution is 8.15. The summed E-state index contributed by atoms with van der Waals surface area (Å²) in [6.07, 6.45) is 0.447. The van der Waals surface area contributed by atoms with Crippen LogP contribution in [0.25, 0.3) is 0 Å². The quantitative estimate of drug-likeness (QED) is 0.678. The van der Waals surface area contributed by atoms with Crippen molar-refractivity contribution in [1.29, 1.82) is 0 Å². The fourth-order valence-electron chi connectivity index (χ4n) is 2.99. The molecule has 6 heteroatoms. The van der Waals surface area contributed by atoms with E-state index in [4.69, 9.17) is 9.47 Å². The minimum Gasteiger partial charge on any atom is -0.494 e. The minimum atomic E-state index is -0.432. The van der Waals surface area contributed by atoms with Crippen molar-refractivity contribution in [1.82, 2.24) is 4.90 Å². The van der Waals surface area contributed by atoms with Crippen LogP contribution in [-0.2, 0) is 17.8 Å². The van der Waals surface area contributed by atoms with E-state index in [1.54, 1.807) is 0 Å². The third-order valence-electron chi connectivity index (χ3n) is 4.24. The van der Waals surface area contributed by atoms with Gasteiger partial charge in [-0.2, -0.15) is 0 Å². The molecule has 1 saturated heterocycles. The molecule has 3 rings (SSSR count). The molecule has 1 fully saturated rings. The second-order valence-corrected chi connectivity index (χ2v) is 7.28. The Hall–Kier alpha value is -2.47. The van der Waals surface area contributed by atoms with E-state index in [0.717, 1.165) is 28.6 Å². The smallest absolute Gasteiger partial charge is 0.289 e. The van der Waals surface area contributed by atoms with Gasteiger partial charge in [0.1, 0.15) is 11.5 Å². The van der Waals surface area contributed by atoms with Gasteiger partial charge in [-0.25, -0.2) is 0 Å². The van der Waals surface area contributed by atoms with Gasteiger partial charge < -0.3 is 9.47 Å². The van der Waals surface area contributed by atoms with Gasteiger partial charge in [0.15, 0.2) is 0 Å². The van der Waals surface area contributed by atoms with Crippen LogP contribution in [0.1, 0.15) is 25.0 Å². The molecule has 1 atom stereocenters. The van der Waals surface area contributed by atoms with E-state index in [9.17, 15) is 9.59 Å². The Kier molecular flexibility index (Phi) is 6.40. The largest absolute Gasteiger partial charge is 0.494 e. The number of carbonyl (C=O) groups is 2. The Balaban J connectivity index is 1.74. The maximum Gasteiger partial charge on any atom is 0.289 e. The normalized spacial score (nSPS) is 16.7. The van der Waals surface area contributed by atoms with Crippen molar-refractivity contribution in [2.75, 3.05) is 13.2 Å². The molecule has 1 heterocycles. The van der Waals surface area contributed by atoms with Crippen molar-refractivity contribution in [3.05, 3.63) is 59.7 Å². The number of amides is 2. The molecule has 1 aliphatic rings. The van der Waals surface area contributed by atoms with Gasteiger partial charge in [-0.15, -0.1) is 0 Å². The van der Waals surface area contributed by atoms with Crippen molar-refractivity contribution in [3.8, 4) is 11.5 Å². The van der Waals surface area contributed by atoms with Crippen molar-refractivity contribution in [2.45, 2.75) is 32.1 Å². The average molecular weight is 385 g/mol. The highest BCUT2D eigenvalue weighted by Crippen LogP contribution is 2.34. The lowest BCUT2D eigenvalue weighted by Gasteiger charge is -2.16. The molecule has 27 heavy (non-hydrogen) atoms. The van der Waals surface area contributed by atoms with E-state index >= 15 is 0 Å². The first-order valence-electron chi connectivity index (χ1n) is 9.06. The Labute approximate surface area is 163 Å². The molecule has 5 nitrogen and oxygen atoms in total. The van der Waals surface area contributed by atoms with Crippen LogP contribution >= 0.6 is 11.8 Å². The highest BCUT2D eigenvalue weighted by Gasteiger charge is 2.39. The Morgan fingerprint density at radius 2 is 1.74 bits per heavy atom. The van der Waals surface area contributed by atoms with Gasteiger partial charge in [-0.05, 0) is 37.5 Å². The summed E-state index contributed by atoms with van der Waals surface area (Å²) in [4.78, 5) is 26.5. The predicted octanol–water partition coefficient (Wildman–Crippen LogP) is 4.29. The van der Waals surface area contributed by atoms with E-state index in [-0.39, 0.29) is 11.1 Å². The van der Waals surface area contributed by atoms with Gasteiger partial charge in [0, 0.05) is 6.07 Å². The number of benzene rings is 2. The summed E-state index contributed by atoms with van der Waals surface area (Å²) in [5.74, 6) is 1.29. The molecule has 0 unspecified atom stereocenters. The van der Waals surface area contributed by atoms with Gasteiger partial charge in [0.05, 0.1) is 25.0 Å². The number of rotatable bonds is 8. The second-order valence-electron chi connectivity index (χ2n) is 6.12. The molecule has 0 aromatic heterocycles. The average Bonchev–Trinajstić information content (AvgIpc) is 2.93. The number of nitrogens with zero attached hydrogens (tertiary/aromatic N) is 1. The van der Waals surface area contributed by atoms with Gasteiger partial charge in [-0.1, -0.05) is 48.2 Å². The zero-order chi connectivity index (χ0) is 19.2. The van der Waals surface area contributed by atoms with E-state index in [2.05, 4.69) is 0 Å². The lowest BCUT2D eigenvalue weighted by molar-refractivity contribution is -0.127. The van der Waals surface area contributed by atoms with Gasteiger partial charge in [0.2, 0.25) is 5.91 Å². The van der Waals surface area contributed by atoms with Crippen molar-refractivity contribution >= 4 is 22.9 Å². The molecule has 1 aliphatic heterocycles. The number of carbonyl (C=O) groups excluding carboxylic acids is 2. The predicted molar refractivity (Wildman–Crippen MR) is 106 cm³/mol. The maximum absolute atomic E-state index is 12.8. The molecule has 0 N–H and O–H groups in total. The second kappa shape index (κ2) is 8.95. The number of thioether (sulfide) groups is 1. The van der Waals surface area contributed by atoms with Crippen molar-refractivity contribution in [3.63, 3.8) is 0 Å². The zero-order valence-electron chi connectivity index (χ0n) is 15.5. The molecule has 2 aromatic rings. The fourth-order valence-corrected chi connectivity index (χ4v) is 4.00. The summed E-state index contributed by atoms with van der Waals surface area (Å²) in [6.45, 7) is 5.24. The lowest BCUT2D eigenvalue weighted by Crippen LogP contribution is -2.31. The van der Waals surface area contributed by atoms with Crippen LogP contribution in [0, 0.1) is 0 Å². The number of hydrogen-bond acceptors (Lipinski definition) is 5. The maximum atomic E-state index is 12.8. The first-order chi connectivity index (χ1) is 13.1. The van der Waals surface area contributed by atoms with Crippen molar-refractivity contribution in [2.24, 2.45) is 0 Å². The minimum absolute atomic E-state index is 0.148. The first kappa shape index (κ1) is 19.3. The summed E-state index contributed by atoms with van der Waals surface area (Å²) in [6, 6.07) is 15.2. The molecule has 2 amide bonds. The third kappa shape index (κ3) is 4.63. The van der Waals surface area contributed by atoms with Crippen molar-refractivity contribution < 1.29 is 19.1 Å². The zero-order valence-corrected chi connectivity index (χ0v) is 16.3. The Morgan fingerprint density at radius 3 is 2.44 bits per heavy atom. The fraction of sp³-hybridized carbons (Fsp3) is 0.333. The van der Waals surface area contributed by atoms with Crippen LogP contribution in [0.2, 0.25) is 0 Å². The van der Waals surface area contributed by atoms with Gasteiger partial charge >= 0.3 is 0 Å². The Bertz CT molecular complexity index is 809. The molecule has 0 radical (unpaired) electrons. The summed E-state index contributed by atoms with van der Waals surface area (Å²) in [7, 11) is 0. The standard InChI is InChI=1S/C21H23NO4S/c1-3-25-17-11-10-16(18(13-17)26-4-2)12-19-20(23)22(21(24)27-19)14-15-8-6-5-7-9-15/h5-11,13,19H,3-4,12,14H2,1-2H3/t19-/m0/s1. The first-order valence-corrected chi connectivity index (χ1v) is 9.94. The molecule has 0 aliphatic carbocycles. The van der Waals surface area contributed by atoms with Gasteiger partial charge in [0.25, 0.3) is 5.24 Å². The summed E-state index contributed by atoms with van der Waals surface area (Å²) < 4.78 is 11.2. The van der Waals surface area contributed by atoms with E-state index in [1.807, 2.05) is 62.4 Å². The van der Waals surface area contributed by atoms with E-state index in [0.29, 0.717) is 31.9 Å². The van der Waals surface area contributed by atoms with Crippen LogP contribution < -0.4 is 9.47 Å². The van der Waals surface area contributed by atoms with Crippen LogP contribution in [0.3, 0.4) is 0 Å². The molecule has 142 valence electrons. The van der Waals surface area contributed by atoms with Crippen LogP contribution in [-0.4, -0.2) is 34.5 Å². The van der Waals surface area contributed by atoms with Crippen LogP contribution in [0.5, 0.6) is 11.5 Å². The number of hydrogen-bond donors (Lipinski definition) is 0. The molecule has 2 aromatic carbocycles. The molecular weight excluding hydrogens is 362 g/mol. The van der Waals surface area contributed by atoms with Gasteiger partial charge in [-0.3, -0.25) is 14.5 Å². The van der Waals surface area contributed by atoms with E-state index < -0.39 is 5.25 Å². The summed E-state index contributed by atoms with van der Waals surface area (Å²) in [5.41, 5.74) is 1.84. The summed E-state index contributed by atoms with van der Waals surface area (Å²) >= 11 is 1.09. The van der Waals surface area contributed by atoms with E-state index in [1.165, 1.54) is 4.90 Å². The molecule has 0 saturated carbocycles. The molecule has 0 bridgehead atoms. The topological polar surface area (TPSA) is 55.8 Å². The Morgan fingerprint density at radius 1 is 1.00 bits per heavy atom. The molecule has 0 spiro atoms. The molecular formula is C21H23NO4S. The van der Waals surface area contributed by atoms with Crippen LogP contribution in [0.15, 0.2) is 48.5 Å². The third-order valence-corrected chi connectivity index (χ3v) is 5.32. The highest BCUT2D eigenvalue weighted by atomic mass is 32.2. The van der Waals surface area contributed by atoms with Crippen LogP contribution in [0.4, 0.5) is 4.79 Å². The SMILES string of the molecule is CCOc1ccc(C[C@@H]2SC(=O)N(Cc3ccccc3)C2=O)c(OCC)c1. The number of imide groups is 1.